The highest BCUT2D eigenvalue weighted by Crippen LogP contribution is 2.21. The maximum atomic E-state index is 12.7. The van der Waals surface area contributed by atoms with Crippen LogP contribution in [0.15, 0.2) is 64.6 Å². The molecule has 208 valence electrons. The number of aromatic nitrogens is 5. The molecule has 40 heavy (non-hydrogen) atoms. The zero-order valence-electron chi connectivity index (χ0n) is 22.4. The maximum absolute atomic E-state index is 12.7. The lowest BCUT2D eigenvalue weighted by molar-refractivity contribution is -0.123. The fourth-order valence-electron chi connectivity index (χ4n) is 3.71. The number of hydrogen-bond acceptors (Lipinski definition) is 10. The molecule has 0 aliphatic carbocycles. The normalized spacial score (nSPS) is 12.0. The van der Waals surface area contributed by atoms with Crippen LogP contribution in [-0.4, -0.2) is 57.4 Å². The van der Waals surface area contributed by atoms with Gasteiger partial charge in [0, 0.05) is 22.8 Å². The molecule has 0 saturated carbocycles. The number of ether oxygens (including phenoxy) is 1. The fourth-order valence-corrected chi connectivity index (χ4v) is 5.20. The van der Waals surface area contributed by atoms with Crippen molar-refractivity contribution >= 4 is 45.3 Å². The molecule has 0 bridgehead atoms. The number of anilines is 2. The molecular formula is C26H27N7O5S2. The van der Waals surface area contributed by atoms with Gasteiger partial charge in [-0.15, -0.1) is 10.2 Å². The molecule has 1 unspecified atom stereocenters. The number of nitrogens with zero attached hydrogens (tertiary/aromatic N) is 5. The fraction of sp³-hybridized carbons (Fsp3) is 0.231. The number of hydrogen-bond donors (Lipinski definition) is 2. The van der Waals surface area contributed by atoms with E-state index in [0.29, 0.717) is 22.9 Å². The van der Waals surface area contributed by atoms with E-state index < -0.39 is 28.0 Å². The molecule has 2 aromatic heterocycles. The predicted octanol–water partition coefficient (Wildman–Crippen LogP) is 3.69. The number of aryl methyl sites for hydroxylation is 3. The molecule has 12 nitrogen and oxygen atoms in total. The van der Waals surface area contributed by atoms with E-state index in [1.54, 1.807) is 44.2 Å². The van der Waals surface area contributed by atoms with Crippen molar-refractivity contribution in [3.8, 4) is 5.69 Å². The smallest absolute Gasteiger partial charge is 0.338 e. The zero-order valence-corrected chi connectivity index (χ0v) is 24.0. The van der Waals surface area contributed by atoms with E-state index in [0.717, 1.165) is 10.8 Å². The van der Waals surface area contributed by atoms with Gasteiger partial charge in [0.05, 0.1) is 10.5 Å². The number of benzene rings is 2. The highest BCUT2D eigenvalue weighted by atomic mass is 32.2. The summed E-state index contributed by atoms with van der Waals surface area (Å²) in [5, 5.41) is 11.5. The minimum absolute atomic E-state index is 0.0290. The van der Waals surface area contributed by atoms with Crippen molar-refractivity contribution in [3.63, 3.8) is 0 Å². The van der Waals surface area contributed by atoms with Gasteiger partial charge in [-0.25, -0.2) is 27.9 Å². The number of rotatable bonds is 9. The van der Waals surface area contributed by atoms with Crippen LogP contribution in [0.5, 0.6) is 0 Å². The van der Waals surface area contributed by atoms with E-state index in [2.05, 4.69) is 30.2 Å². The van der Waals surface area contributed by atoms with Gasteiger partial charge in [-0.2, -0.15) is 0 Å². The Kier molecular flexibility index (Phi) is 8.49. The highest BCUT2D eigenvalue weighted by Gasteiger charge is 2.21. The molecular weight excluding hydrogens is 554 g/mol. The minimum Gasteiger partial charge on any atom is -0.449 e. The number of sulfonamides is 1. The summed E-state index contributed by atoms with van der Waals surface area (Å²) in [6.45, 7) is 6.75. The average molecular weight is 582 g/mol. The molecule has 2 aromatic carbocycles. The van der Waals surface area contributed by atoms with E-state index in [4.69, 9.17) is 4.74 Å². The monoisotopic (exact) mass is 581 g/mol. The van der Waals surface area contributed by atoms with Gasteiger partial charge in [0.15, 0.2) is 11.3 Å². The van der Waals surface area contributed by atoms with E-state index in [1.807, 2.05) is 17.7 Å². The Bertz CT molecular complexity index is 1630. The van der Waals surface area contributed by atoms with Crippen molar-refractivity contribution < 1.29 is 22.7 Å². The number of carbonyl (C=O) groups is 2. The van der Waals surface area contributed by atoms with Crippen LogP contribution in [0.2, 0.25) is 0 Å². The molecule has 0 fully saturated rings. The Morgan fingerprint density at radius 3 is 2.17 bits per heavy atom. The summed E-state index contributed by atoms with van der Waals surface area (Å²) in [4.78, 5) is 33.4. The van der Waals surface area contributed by atoms with Crippen LogP contribution in [0, 0.1) is 20.8 Å². The summed E-state index contributed by atoms with van der Waals surface area (Å²) in [5.74, 6) is -0.561. The Labute approximate surface area is 235 Å². The number of nitrogens with one attached hydrogen (secondary N) is 2. The van der Waals surface area contributed by atoms with Gasteiger partial charge >= 0.3 is 5.97 Å². The number of amides is 1. The minimum atomic E-state index is -3.95. The Morgan fingerprint density at radius 2 is 1.57 bits per heavy atom. The number of thioether (sulfide) groups is 1. The number of carbonyl (C=O) groups excluding carboxylic acids is 2. The predicted molar refractivity (Wildman–Crippen MR) is 150 cm³/mol. The summed E-state index contributed by atoms with van der Waals surface area (Å²) in [6, 6.07) is 13.9. The van der Waals surface area contributed by atoms with Crippen molar-refractivity contribution in [2.24, 2.45) is 0 Å². The molecule has 0 saturated heterocycles. The van der Waals surface area contributed by atoms with Crippen molar-refractivity contribution in [2.75, 3.05) is 16.3 Å². The summed E-state index contributed by atoms with van der Waals surface area (Å²) in [6.07, 6.45) is 0.788. The van der Waals surface area contributed by atoms with Gasteiger partial charge < -0.3 is 10.1 Å². The molecule has 0 aliphatic heterocycles. The maximum Gasteiger partial charge on any atom is 0.338 e. The SMILES string of the molecule is CSc1nnc(C)n1-c1ccc(C(=O)OC(C)C(=O)Nc2ccc(S(=O)(=O)Nc3nc(C)cc(C)n3)cc2)cc1. The summed E-state index contributed by atoms with van der Waals surface area (Å²) >= 11 is 1.45. The lowest BCUT2D eigenvalue weighted by Crippen LogP contribution is -2.30. The summed E-state index contributed by atoms with van der Waals surface area (Å²) in [7, 11) is -3.95. The van der Waals surface area contributed by atoms with E-state index in [9.17, 15) is 18.0 Å². The second kappa shape index (κ2) is 11.8. The van der Waals surface area contributed by atoms with Crippen LogP contribution in [0.4, 0.5) is 11.6 Å². The van der Waals surface area contributed by atoms with Crippen LogP contribution >= 0.6 is 11.8 Å². The van der Waals surface area contributed by atoms with Gasteiger partial charge in [0.1, 0.15) is 5.82 Å². The third-order valence-electron chi connectivity index (χ3n) is 5.63. The molecule has 0 aliphatic rings. The van der Waals surface area contributed by atoms with E-state index in [-0.39, 0.29) is 16.4 Å². The van der Waals surface area contributed by atoms with Gasteiger partial charge in [0.2, 0.25) is 5.95 Å². The Balaban J connectivity index is 1.36. The Hall–Kier alpha value is -4.30. The van der Waals surface area contributed by atoms with Crippen LogP contribution in [0.25, 0.3) is 5.69 Å². The second-order valence-electron chi connectivity index (χ2n) is 8.76. The zero-order chi connectivity index (χ0) is 29.0. The van der Waals surface area contributed by atoms with Crippen molar-refractivity contribution in [2.45, 2.75) is 43.9 Å². The quantitative estimate of drug-likeness (QED) is 0.221. The molecule has 4 rings (SSSR count). The van der Waals surface area contributed by atoms with Gasteiger partial charge in [-0.05, 0) is 88.5 Å². The molecule has 4 aromatic rings. The molecule has 0 radical (unpaired) electrons. The third kappa shape index (κ3) is 6.63. The first-order chi connectivity index (χ1) is 19.0. The highest BCUT2D eigenvalue weighted by molar-refractivity contribution is 7.98. The lowest BCUT2D eigenvalue weighted by Gasteiger charge is -2.14. The van der Waals surface area contributed by atoms with Crippen LogP contribution < -0.4 is 10.0 Å². The van der Waals surface area contributed by atoms with Crippen molar-refractivity contribution in [3.05, 3.63) is 77.4 Å². The standard InChI is InChI=1S/C26H27N7O5S2/c1-15-14-16(2)28-25(27-15)32-40(36,37)22-12-8-20(9-13-22)29-23(34)17(3)38-24(35)19-6-10-21(11-7-19)33-18(4)30-31-26(33)39-5/h6-14,17H,1-5H3,(H,29,34)(H,27,28,32). The van der Waals surface area contributed by atoms with Crippen molar-refractivity contribution in [1.82, 2.24) is 24.7 Å². The molecule has 2 N–H and O–H groups in total. The summed E-state index contributed by atoms with van der Waals surface area (Å²) < 4.78 is 35.0. The van der Waals surface area contributed by atoms with Crippen LogP contribution in [0.3, 0.4) is 0 Å². The molecule has 0 spiro atoms. The van der Waals surface area contributed by atoms with E-state index >= 15 is 0 Å². The lowest BCUT2D eigenvalue weighted by atomic mass is 10.2. The molecule has 1 atom stereocenters. The second-order valence-corrected chi connectivity index (χ2v) is 11.2. The van der Waals surface area contributed by atoms with E-state index in [1.165, 1.54) is 43.0 Å². The topological polar surface area (TPSA) is 158 Å². The van der Waals surface area contributed by atoms with Gasteiger partial charge in [0.25, 0.3) is 15.9 Å². The molecule has 1 amide bonds. The van der Waals surface area contributed by atoms with Crippen LogP contribution in [0.1, 0.15) is 34.5 Å². The first kappa shape index (κ1) is 28.7. The van der Waals surface area contributed by atoms with Crippen molar-refractivity contribution in [1.29, 1.82) is 0 Å². The van der Waals surface area contributed by atoms with Crippen LogP contribution in [-0.2, 0) is 19.6 Å². The largest absolute Gasteiger partial charge is 0.449 e. The number of esters is 1. The molecule has 14 heteroatoms. The first-order valence-electron chi connectivity index (χ1n) is 12.0. The van der Waals surface area contributed by atoms with Gasteiger partial charge in [-0.1, -0.05) is 11.8 Å². The summed E-state index contributed by atoms with van der Waals surface area (Å²) in [5.41, 5.74) is 2.64. The van der Waals surface area contributed by atoms with Gasteiger partial charge in [-0.3, -0.25) is 9.36 Å². The average Bonchev–Trinajstić information content (AvgIpc) is 3.28. The first-order valence-corrected chi connectivity index (χ1v) is 14.7. The molecule has 2 heterocycles. The third-order valence-corrected chi connectivity index (χ3v) is 7.61. The Morgan fingerprint density at radius 1 is 0.950 bits per heavy atom.